The molecule has 0 spiro atoms. The fraction of sp³-hybridized carbons (Fsp3) is 0.0667. The maximum atomic E-state index is 13.5. The first-order chi connectivity index (χ1) is 9.97. The van der Waals surface area contributed by atoms with Gasteiger partial charge in [0.15, 0.2) is 5.11 Å². The van der Waals surface area contributed by atoms with Crippen LogP contribution in [0.1, 0.15) is 15.9 Å². The summed E-state index contributed by atoms with van der Waals surface area (Å²) in [6.07, 6.45) is 0. The number of thiocarbonyl (C=S) groups is 1. The highest BCUT2D eigenvalue weighted by atomic mass is 35.5. The van der Waals surface area contributed by atoms with Crippen LogP contribution in [0.4, 0.5) is 10.1 Å². The second-order valence-corrected chi connectivity index (χ2v) is 5.19. The molecule has 1 amide bonds. The molecule has 6 heteroatoms. The molecule has 2 aromatic carbocycles. The molecule has 0 heterocycles. The highest BCUT2D eigenvalue weighted by Crippen LogP contribution is 2.19. The Bertz CT molecular complexity index is 706. The summed E-state index contributed by atoms with van der Waals surface area (Å²) in [7, 11) is 0. The van der Waals surface area contributed by atoms with E-state index in [-0.39, 0.29) is 10.7 Å². The van der Waals surface area contributed by atoms with Crippen LogP contribution in [0.15, 0.2) is 42.5 Å². The van der Waals surface area contributed by atoms with Crippen LogP contribution in [-0.2, 0) is 0 Å². The van der Waals surface area contributed by atoms with Gasteiger partial charge in [0, 0.05) is 10.7 Å². The Labute approximate surface area is 132 Å². The van der Waals surface area contributed by atoms with Crippen molar-refractivity contribution in [1.82, 2.24) is 5.32 Å². The largest absolute Gasteiger partial charge is 0.332 e. The quantitative estimate of drug-likeness (QED) is 0.824. The molecule has 0 fully saturated rings. The lowest BCUT2D eigenvalue weighted by Crippen LogP contribution is -2.34. The number of hydrogen-bond donors (Lipinski definition) is 2. The molecule has 0 saturated heterocycles. The summed E-state index contributed by atoms with van der Waals surface area (Å²) < 4.78 is 13.5. The van der Waals surface area contributed by atoms with Crippen LogP contribution < -0.4 is 10.6 Å². The summed E-state index contributed by atoms with van der Waals surface area (Å²) in [5.74, 6) is -1.20. The molecule has 0 aliphatic carbocycles. The van der Waals surface area contributed by atoms with Gasteiger partial charge < -0.3 is 5.32 Å². The van der Waals surface area contributed by atoms with Gasteiger partial charge in [-0.15, -0.1) is 0 Å². The minimum atomic E-state index is -0.600. The number of rotatable bonds is 2. The molecule has 0 bridgehead atoms. The molecule has 0 aliphatic rings. The Morgan fingerprint density at radius 2 is 1.95 bits per heavy atom. The van der Waals surface area contributed by atoms with Crippen molar-refractivity contribution in [3.8, 4) is 0 Å². The third-order valence-corrected chi connectivity index (χ3v) is 3.22. The maximum Gasteiger partial charge on any atom is 0.260 e. The zero-order valence-electron chi connectivity index (χ0n) is 11.1. The minimum absolute atomic E-state index is 0.0607. The van der Waals surface area contributed by atoms with Crippen molar-refractivity contribution < 1.29 is 9.18 Å². The number of aryl methyl sites for hydroxylation is 1. The predicted molar refractivity (Wildman–Crippen MR) is 86.3 cm³/mol. The third-order valence-electron chi connectivity index (χ3n) is 2.78. The van der Waals surface area contributed by atoms with E-state index in [2.05, 4.69) is 10.6 Å². The topological polar surface area (TPSA) is 41.1 Å². The van der Waals surface area contributed by atoms with Gasteiger partial charge in [-0.2, -0.15) is 0 Å². The van der Waals surface area contributed by atoms with E-state index in [0.29, 0.717) is 5.02 Å². The SMILES string of the molecule is Cc1cc(Cl)ccc1NC(=S)NC(=O)c1ccccc1F. The summed E-state index contributed by atoms with van der Waals surface area (Å²) >= 11 is 10.9. The zero-order chi connectivity index (χ0) is 15.4. The van der Waals surface area contributed by atoms with E-state index in [0.717, 1.165) is 11.3 Å². The summed E-state index contributed by atoms with van der Waals surface area (Å²) in [6, 6.07) is 10.9. The highest BCUT2D eigenvalue weighted by Gasteiger charge is 2.12. The van der Waals surface area contributed by atoms with Crippen molar-refractivity contribution in [2.45, 2.75) is 6.92 Å². The van der Waals surface area contributed by atoms with Crippen LogP contribution in [-0.4, -0.2) is 11.0 Å². The van der Waals surface area contributed by atoms with E-state index in [1.54, 1.807) is 24.3 Å². The Balaban J connectivity index is 2.05. The number of hydrogen-bond acceptors (Lipinski definition) is 2. The van der Waals surface area contributed by atoms with Crippen molar-refractivity contribution in [3.63, 3.8) is 0 Å². The van der Waals surface area contributed by atoms with Gasteiger partial charge in [-0.3, -0.25) is 10.1 Å². The molecule has 0 aromatic heterocycles. The molecule has 0 saturated carbocycles. The minimum Gasteiger partial charge on any atom is -0.332 e. The van der Waals surface area contributed by atoms with Gasteiger partial charge in [0.1, 0.15) is 5.82 Å². The molecule has 0 unspecified atom stereocenters. The number of benzene rings is 2. The molecule has 21 heavy (non-hydrogen) atoms. The number of anilines is 1. The monoisotopic (exact) mass is 322 g/mol. The third kappa shape index (κ3) is 4.00. The number of nitrogens with one attached hydrogen (secondary N) is 2. The second-order valence-electron chi connectivity index (χ2n) is 4.35. The van der Waals surface area contributed by atoms with Crippen LogP contribution in [0.2, 0.25) is 5.02 Å². The normalized spacial score (nSPS) is 10.0. The lowest BCUT2D eigenvalue weighted by molar-refractivity contribution is 0.0974. The molecule has 2 N–H and O–H groups in total. The van der Waals surface area contributed by atoms with Crippen molar-refractivity contribution in [2.24, 2.45) is 0 Å². The Morgan fingerprint density at radius 3 is 2.62 bits per heavy atom. The second kappa shape index (κ2) is 6.65. The molecule has 2 aromatic rings. The predicted octanol–water partition coefficient (Wildman–Crippen LogP) is 3.91. The lowest BCUT2D eigenvalue weighted by Gasteiger charge is -2.12. The fourth-order valence-electron chi connectivity index (χ4n) is 1.74. The first-order valence-electron chi connectivity index (χ1n) is 6.10. The van der Waals surface area contributed by atoms with Gasteiger partial charge >= 0.3 is 0 Å². The van der Waals surface area contributed by atoms with E-state index in [9.17, 15) is 9.18 Å². The fourth-order valence-corrected chi connectivity index (χ4v) is 2.17. The van der Waals surface area contributed by atoms with Crippen molar-refractivity contribution >= 4 is 40.5 Å². The molecular weight excluding hydrogens is 311 g/mol. The molecule has 0 atom stereocenters. The van der Waals surface area contributed by atoms with Crippen LogP contribution in [0.5, 0.6) is 0 Å². The summed E-state index contributed by atoms with van der Waals surface area (Å²) in [4.78, 5) is 11.9. The summed E-state index contributed by atoms with van der Waals surface area (Å²) in [6.45, 7) is 1.86. The summed E-state index contributed by atoms with van der Waals surface area (Å²) in [5, 5.41) is 6.01. The van der Waals surface area contributed by atoms with Crippen LogP contribution in [0, 0.1) is 12.7 Å². The Hall–Kier alpha value is -1.98. The first-order valence-corrected chi connectivity index (χ1v) is 6.89. The number of amides is 1. The van der Waals surface area contributed by atoms with Crippen LogP contribution in [0.25, 0.3) is 0 Å². The summed E-state index contributed by atoms with van der Waals surface area (Å²) in [5.41, 5.74) is 1.54. The van der Waals surface area contributed by atoms with Crippen LogP contribution in [0.3, 0.4) is 0 Å². The first kappa shape index (κ1) is 15.4. The maximum absolute atomic E-state index is 13.5. The average molecular weight is 323 g/mol. The molecular formula is C15H12ClFN2OS. The van der Waals surface area contributed by atoms with Gasteiger partial charge in [-0.25, -0.2) is 4.39 Å². The number of halogens is 2. The standard InChI is InChI=1S/C15H12ClFN2OS/c1-9-8-10(16)6-7-13(9)18-15(21)19-14(20)11-4-2-3-5-12(11)17/h2-8H,1H3,(H2,18,19,20,21). The molecule has 108 valence electrons. The van der Waals surface area contributed by atoms with Gasteiger partial charge in [0.05, 0.1) is 5.56 Å². The van der Waals surface area contributed by atoms with Crippen LogP contribution >= 0.6 is 23.8 Å². The van der Waals surface area contributed by atoms with Crippen molar-refractivity contribution in [2.75, 3.05) is 5.32 Å². The average Bonchev–Trinajstić information content (AvgIpc) is 2.42. The number of carbonyl (C=O) groups is 1. The van der Waals surface area contributed by atoms with Gasteiger partial charge in [-0.05, 0) is 55.0 Å². The molecule has 3 nitrogen and oxygen atoms in total. The molecule has 0 aliphatic heterocycles. The Morgan fingerprint density at radius 1 is 1.24 bits per heavy atom. The molecule has 2 rings (SSSR count). The zero-order valence-corrected chi connectivity index (χ0v) is 12.7. The van der Waals surface area contributed by atoms with Crippen molar-refractivity contribution in [3.05, 3.63) is 64.4 Å². The smallest absolute Gasteiger partial charge is 0.260 e. The number of carbonyl (C=O) groups excluding carboxylic acids is 1. The van der Waals surface area contributed by atoms with E-state index in [1.165, 1.54) is 18.2 Å². The van der Waals surface area contributed by atoms with E-state index < -0.39 is 11.7 Å². The van der Waals surface area contributed by atoms with Gasteiger partial charge in [0.25, 0.3) is 5.91 Å². The van der Waals surface area contributed by atoms with E-state index >= 15 is 0 Å². The Kier molecular flexibility index (Phi) is 4.88. The van der Waals surface area contributed by atoms with Gasteiger partial charge in [-0.1, -0.05) is 23.7 Å². The van der Waals surface area contributed by atoms with E-state index in [4.69, 9.17) is 23.8 Å². The lowest BCUT2D eigenvalue weighted by atomic mass is 10.2. The van der Waals surface area contributed by atoms with Crippen molar-refractivity contribution in [1.29, 1.82) is 0 Å². The van der Waals surface area contributed by atoms with E-state index in [1.807, 2.05) is 6.92 Å². The highest BCUT2D eigenvalue weighted by molar-refractivity contribution is 7.80. The van der Waals surface area contributed by atoms with Gasteiger partial charge in [0.2, 0.25) is 0 Å². The molecule has 0 radical (unpaired) electrons.